The smallest absolute Gasteiger partial charge is 0.309 e. The number of nitrogens with zero attached hydrogens (tertiary/aromatic N) is 2. The number of amides is 2. The van der Waals surface area contributed by atoms with Crippen LogP contribution in [0.4, 0.5) is 5.69 Å². The van der Waals surface area contributed by atoms with Crippen molar-refractivity contribution in [3.63, 3.8) is 0 Å². The molecule has 6 nitrogen and oxygen atoms in total. The molecular formula is C25H32N4O2. The van der Waals surface area contributed by atoms with Crippen LogP contribution in [0.3, 0.4) is 0 Å². The number of piperidine rings is 1. The molecule has 2 amide bonds. The van der Waals surface area contributed by atoms with Gasteiger partial charge in [0.2, 0.25) is 0 Å². The van der Waals surface area contributed by atoms with Crippen LogP contribution in [-0.4, -0.2) is 49.9 Å². The highest BCUT2D eigenvalue weighted by Gasteiger charge is 2.26. The van der Waals surface area contributed by atoms with Gasteiger partial charge in [0.25, 0.3) is 0 Å². The highest BCUT2D eigenvalue weighted by atomic mass is 16.2. The summed E-state index contributed by atoms with van der Waals surface area (Å²) in [5.41, 5.74) is 4.86. The van der Waals surface area contributed by atoms with E-state index in [9.17, 15) is 9.59 Å². The molecule has 2 N–H and O–H groups in total. The van der Waals surface area contributed by atoms with Gasteiger partial charge in [-0.05, 0) is 55.1 Å². The summed E-state index contributed by atoms with van der Waals surface area (Å²) >= 11 is 0. The molecule has 2 aliphatic rings. The summed E-state index contributed by atoms with van der Waals surface area (Å²) in [6.45, 7) is 3.88. The first-order valence-corrected chi connectivity index (χ1v) is 11.3. The van der Waals surface area contributed by atoms with E-state index < -0.39 is 11.8 Å². The van der Waals surface area contributed by atoms with Gasteiger partial charge in [-0.1, -0.05) is 48.9 Å². The Kier molecular flexibility index (Phi) is 6.87. The van der Waals surface area contributed by atoms with E-state index in [1.54, 1.807) is 0 Å². The van der Waals surface area contributed by atoms with Crippen LogP contribution in [0.2, 0.25) is 0 Å². The lowest BCUT2D eigenvalue weighted by atomic mass is 9.98. The van der Waals surface area contributed by atoms with Crippen molar-refractivity contribution in [2.75, 3.05) is 38.1 Å². The van der Waals surface area contributed by atoms with Gasteiger partial charge >= 0.3 is 11.8 Å². The van der Waals surface area contributed by atoms with E-state index in [-0.39, 0.29) is 6.04 Å². The molecule has 31 heavy (non-hydrogen) atoms. The number of hydrogen-bond donors (Lipinski definition) is 2. The highest BCUT2D eigenvalue weighted by Crippen LogP contribution is 2.32. The Hall–Kier alpha value is -2.86. The molecule has 1 fully saturated rings. The summed E-state index contributed by atoms with van der Waals surface area (Å²) < 4.78 is 0. The van der Waals surface area contributed by atoms with E-state index in [1.807, 2.05) is 30.3 Å². The van der Waals surface area contributed by atoms with Crippen molar-refractivity contribution in [2.24, 2.45) is 0 Å². The fourth-order valence-electron chi connectivity index (χ4n) is 4.61. The minimum absolute atomic E-state index is 0.0855. The molecule has 0 spiro atoms. The zero-order chi connectivity index (χ0) is 21.6. The van der Waals surface area contributed by atoms with E-state index in [0.717, 1.165) is 31.6 Å². The maximum atomic E-state index is 12.5. The van der Waals surface area contributed by atoms with E-state index >= 15 is 0 Å². The van der Waals surface area contributed by atoms with Gasteiger partial charge in [0, 0.05) is 32.4 Å². The molecule has 2 aromatic rings. The van der Waals surface area contributed by atoms with Crippen LogP contribution in [0, 0.1) is 0 Å². The van der Waals surface area contributed by atoms with Crippen molar-refractivity contribution in [2.45, 2.75) is 38.3 Å². The Morgan fingerprint density at radius 2 is 1.68 bits per heavy atom. The largest absolute Gasteiger partial charge is 0.374 e. The van der Waals surface area contributed by atoms with E-state index in [2.05, 4.69) is 45.7 Å². The highest BCUT2D eigenvalue weighted by molar-refractivity contribution is 6.35. The third-order valence-electron chi connectivity index (χ3n) is 6.41. The predicted octanol–water partition coefficient (Wildman–Crippen LogP) is 2.64. The van der Waals surface area contributed by atoms with Gasteiger partial charge in [-0.3, -0.25) is 14.5 Å². The number of benzene rings is 2. The number of rotatable bonds is 6. The van der Waals surface area contributed by atoms with Crippen molar-refractivity contribution in [1.82, 2.24) is 15.5 Å². The van der Waals surface area contributed by atoms with Gasteiger partial charge in [-0.15, -0.1) is 0 Å². The molecule has 2 aliphatic heterocycles. The van der Waals surface area contributed by atoms with Crippen molar-refractivity contribution >= 4 is 17.5 Å². The number of likely N-dealkylation sites (N-methyl/N-ethyl adjacent to an activating group) is 1. The third-order valence-corrected chi connectivity index (χ3v) is 6.41. The van der Waals surface area contributed by atoms with Crippen molar-refractivity contribution in [1.29, 1.82) is 0 Å². The maximum absolute atomic E-state index is 12.5. The van der Waals surface area contributed by atoms with Crippen LogP contribution in [0.5, 0.6) is 0 Å². The molecule has 2 heterocycles. The number of likely N-dealkylation sites (tertiary alicyclic amines) is 1. The maximum Gasteiger partial charge on any atom is 0.309 e. The Labute approximate surface area is 184 Å². The minimum atomic E-state index is -0.586. The second-order valence-corrected chi connectivity index (χ2v) is 8.55. The lowest BCUT2D eigenvalue weighted by Crippen LogP contribution is -2.45. The molecular weight excluding hydrogens is 388 g/mol. The fourth-order valence-corrected chi connectivity index (χ4v) is 4.61. The zero-order valence-electron chi connectivity index (χ0n) is 18.3. The summed E-state index contributed by atoms with van der Waals surface area (Å²) in [5, 5.41) is 5.60. The third kappa shape index (κ3) is 5.25. The van der Waals surface area contributed by atoms with Gasteiger partial charge in [0.15, 0.2) is 0 Å². The van der Waals surface area contributed by atoms with E-state index in [0.29, 0.717) is 13.1 Å². The first-order valence-electron chi connectivity index (χ1n) is 11.3. The molecule has 0 bridgehead atoms. The van der Waals surface area contributed by atoms with Crippen LogP contribution in [0.1, 0.15) is 42.0 Å². The van der Waals surface area contributed by atoms with Crippen LogP contribution in [0.15, 0.2) is 48.5 Å². The van der Waals surface area contributed by atoms with Gasteiger partial charge < -0.3 is 15.5 Å². The molecule has 4 rings (SSSR count). The van der Waals surface area contributed by atoms with Gasteiger partial charge in [0.1, 0.15) is 0 Å². The topological polar surface area (TPSA) is 64.7 Å². The number of nitrogens with one attached hydrogen (secondary N) is 2. The van der Waals surface area contributed by atoms with Crippen LogP contribution >= 0.6 is 0 Å². The Bertz CT molecular complexity index is 909. The first-order chi connectivity index (χ1) is 15.1. The first kappa shape index (κ1) is 21.4. The molecule has 2 aromatic carbocycles. The van der Waals surface area contributed by atoms with E-state index in [4.69, 9.17) is 0 Å². The van der Waals surface area contributed by atoms with Gasteiger partial charge in [-0.25, -0.2) is 0 Å². The van der Waals surface area contributed by atoms with Crippen molar-refractivity contribution in [3.8, 4) is 0 Å². The summed E-state index contributed by atoms with van der Waals surface area (Å²) in [5.74, 6) is -1.16. The summed E-state index contributed by atoms with van der Waals surface area (Å²) in [4.78, 5) is 29.5. The molecule has 0 aromatic heterocycles. The van der Waals surface area contributed by atoms with Crippen LogP contribution < -0.4 is 15.5 Å². The van der Waals surface area contributed by atoms with Crippen LogP contribution in [0.25, 0.3) is 0 Å². The second kappa shape index (κ2) is 9.96. The lowest BCUT2D eigenvalue weighted by molar-refractivity contribution is -0.139. The number of fused-ring (bicyclic) bond motifs is 1. The van der Waals surface area contributed by atoms with Crippen LogP contribution in [-0.2, 0) is 22.6 Å². The molecule has 0 aliphatic carbocycles. The number of anilines is 1. The molecule has 1 atom stereocenters. The summed E-state index contributed by atoms with van der Waals surface area (Å²) in [7, 11) is 2.13. The monoisotopic (exact) mass is 420 g/mol. The minimum Gasteiger partial charge on any atom is -0.374 e. The quantitative estimate of drug-likeness (QED) is 0.706. The predicted molar refractivity (Wildman–Crippen MR) is 123 cm³/mol. The lowest BCUT2D eigenvalue weighted by Gasteiger charge is -2.35. The average Bonchev–Trinajstić information content (AvgIpc) is 3.19. The second-order valence-electron chi connectivity index (χ2n) is 8.55. The average molecular weight is 421 g/mol. The summed E-state index contributed by atoms with van der Waals surface area (Å²) in [6.07, 6.45) is 4.67. The zero-order valence-corrected chi connectivity index (χ0v) is 18.3. The fraction of sp³-hybridized carbons (Fsp3) is 0.440. The van der Waals surface area contributed by atoms with Gasteiger partial charge in [-0.2, -0.15) is 0 Å². The van der Waals surface area contributed by atoms with Crippen molar-refractivity contribution in [3.05, 3.63) is 65.2 Å². The van der Waals surface area contributed by atoms with Gasteiger partial charge in [0.05, 0.1) is 6.04 Å². The normalized spacial score (nSPS) is 17.1. The van der Waals surface area contributed by atoms with E-state index in [1.165, 1.54) is 36.1 Å². The molecule has 0 unspecified atom stereocenters. The molecule has 0 radical (unpaired) electrons. The van der Waals surface area contributed by atoms with Crippen molar-refractivity contribution < 1.29 is 9.59 Å². The summed E-state index contributed by atoms with van der Waals surface area (Å²) in [6, 6.07) is 16.4. The standard InChI is InChI=1S/C25H32N4O2/c1-28-15-12-21-16-20(10-11-22(21)28)23(29-13-6-3-7-14-29)18-27-25(31)24(30)26-17-19-8-4-2-5-9-19/h2,4-5,8-11,16,23H,3,6-7,12-15,17-18H2,1H3,(H,26,30)(H,27,31)/t23-/m1/s1. The molecule has 1 saturated heterocycles. The SMILES string of the molecule is CN1CCc2cc([C@@H](CNC(=O)C(=O)NCc3ccccc3)N3CCCCC3)ccc21. The Morgan fingerprint density at radius 3 is 2.45 bits per heavy atom. The Morgan fingerprint density at radius 1 is 0.935 bits per heavy atom. The Balaban J connectivity index is 1.40. The molecule has 6 heteroatoms. The number of carbonyl (C=O) groups excluding carboxylic acids is 2. The molecule has 0 saturated carbocycles. The molecule has 164 valence electrons. The number of carbonyl (C=O) groups is 2. The number of hydrogen-bond acceptors (Lipinski definition) is 4.